The molecule has 98 valence electrons. The van der Waals surface area contributed by atoms with Crippen LogP contribution in [0.5, 0.6) is 5.75 Å². The van der Waals surface area contributed by atoms with Gasteiger partial charge in [0.25, 0.3) is 5.91 Å². The molecule has 4 nitrogen and oxygen atoms in total. The summed E-state index contributed by atoms with van der Waals surface area (Å²) in [5, 5.41) is 12.0. The molecule has 1 amide bonds. The van der Waals surface area contributed by atoms with Crippen LogP contribution in [0.4, 0.5) is 4.39 Å². The van der Waals surface area contributed by atoms with Gasteiger partial charge in [0.1, 0.15) is 11.6 Å². The Bertz CT molecular complexity index is 602. The second kappa shape index (κ2) is 5.48. The van der Waals surface area contributed by atoms with E-state index in [2.05, 4.69) is 10.3 Å². The average Bonchev–Trinajstić information content (AvgIpc) is 2.38. The first-order chi connectivity index (χ1) is 9.06. The number of pyridine rings is 1. The molecular formula is C14H13FN2O2. The lowest BCUT2D eigenvalue weighted by Gasteiger charge is -2.14. The molecular weight excluding hydrogens is 247 g/mol. The molecule has 0 saturated heterocycles. The standard InChI is InChI=1S/C14H13FN2O2/c1-9(10-3-2-4-12(15)5-10)17-14(19)11-6-13(18)8-16-7-11/h2-9,18H,1H3,(H,17,19). The van der Waals surface area contributed by atoms with E-state index in [9.17, 15) is 14.3 Å². The van der Waals surface area contributed by atoms with E-state index in [1.54, 1.807) is 19.1 Å². The topological polar surface area (TPSA) is 62.2 Å². The molecule has 0 spiro atoms. The van der Waals surface area contributed by atoms with Crippen molar-refractivity contribution in [2.75, 3.05) is 0 Å². The molecule has 0 radical (unpaired) electrons. The number of amides is 1. The third-order valence-electron chi connectivity index (χ3n) is 2.68. The van der Waals surface area contributed by atoms with E-state index in [0.717, 1.165) is 0 Å². The van der Waals surface area contributed by atoms with Gasteiger partial charge >= 0.3 is 0 Å². The van der Waals surface area contributed by atoms with Gasteiger partial charge in [0.2, 0.25) is 0 Å². The Kier molecular flexibility index (Phi) is 3.75. The van der Waals surface area contributed by atoms with Crippen molar-refractivity contribution in [1.29, 1.82) is 0 Å². The Morgan fingerprint density at radius 1 is 1.37 bits per heavy atom. The zero-order chi connectivity index (χ0) is 13.8. The first kappa shape index (κ1) is 13.0. The van der Waals surface area contributed by atoms with Crippen LogP contribution in [0, 0.1) is 5.82 Å². The lowest BCUT2D eigenvalue weighted by atomic mass is 10.1. The predicted octanol–water partition coefficient (Wildman–Crippen LogP) is 2.42. The second-order valence-electron chi connectivity index (χ2n) is 4.18. The minimum Gasteiger partial charge on any atom is -0.506 e. The van der Waals surface area contributed by atoms with Gasteiger partial charge in [-0.2, -0.15) is 0 Å². The molecule has 1 atom stereocenters. The lowest BCUT2D eigenvalue weighted by molar-refractivity contribution is 0.0939. The maximum atomic E-state index is 13.1. The summed E-state index contributed by atoms with van der Waals surface area (Å²) in [5.74, 6) is -0.802. The monoisotopic (exact) mass is 260 g/mol. The molecule has 19 heavy (non-hydrogen) atoms. The Hall–Kier alpha value is -2.43. The lowest BCUT2D eigenvalue weighted by Crippen LogP contribution is -2.26. The van der Waals surface area contributed by atoms with Gasteiger partial charge in [0, 0.05) is 6.20 Å². The molecule has 0 bridgehead atoms. The zero-order valence-corrected chi connectivity index (χ0v) is 10.3. The Labute approximate surface area is 109 Å². The van der Waals surface area contributed by atoms with Crippen molar-refractivity contribution in [3.63, 3.8) is 0 Å². The van der Waals surface area contributed by atoms with E-state index >= 15 is 0 Å². The highest BCUT2D eigenvalue weighted by Gasteiger charge is 2.12. The van der Waals surface area contributed by atoms with Crippen LogP contribution in [-0.4, -0.2) is 16.0 Å². The van der Waals surface area contributed by atoms with Crippen molar-refractivity contribution in [2.24, 2.45) is 0 Å². The largest absolute Gasteiger partial charge is 0.506 e. The molecule has 2 N–H and O–H groups in total. The summed E-state index contributed by atoms with van der Waals surface area (Å²) in [4.78, 5) is 15.6. The molecule has 0 aliphatic heterocycles. The Morgan fingerprint density at radius 2 is 2.16 bits per heavy atom. The van der Waals surface area contributed by atoms with Crippen LogP contribution >= 0.6 is 0 Å². The molecule has 1 unspecified atom stereocenters. The summed E-state index contributed by atoms with van der Waals surface area (Å²) in [6, 6.07) is 7.01. The van der Waals surface area contributed by atoms with E-state index in [4.69, 9.17) is 0 Å². The molecule has 1 aromatic carbocycles. The fraction of sp³-hybridized carbons (Fsp3) is 0.143. The fourth-order valence-corrected chi connectivity index (χ4v) is 1.69. The van der Waals surface area contributed by atoms with Crippen molar-refractivity contribution >= 4 is 5.91 Å². The number of rotatable bonds is 3. The number of hydrogen-bond acceptors (Lipinski definition) is 3. The molecule has 0 fully saturated rings. The SMILES string of the molecule is CC(NC(=O)c1cncc(O)c1)c1cccc(F)c1. The van der Waals surface area contributed by atoms with Crippen LogP contribution in [0.3, 0.4) is 0 Å². The van der Waals surface area contributed by atoms with E-state index in [1.807, 2.05) is 0 Å². The maximum Gasteiger partial charge on any atom is 0.253 e. The highest BCUT2D eigenvalue weighted by Crippen LogP contribution is 2.15. The number of aromatic nitrogens is 1. The number of carbonyl (C=O) groups excluding carboxylic acids is 1. The number of nitrogens with one attached hydrogen (secondary N) is 1. The van der Waals surface area contributed by atoms with Crippen LogP contribution in [0.1, 0.15) is 28.9 Å². The van der Waals surface area contributed by atoms with Crippen LogP contribution < -0.4 is 5.32 Å². The molecule has 0 saturated carbocycles. The quantitative estimate of drug-likeness (QED) is 0.890. The normalized spacial score (nSPS) is 11.9. The Morgan fingerprint density at radius 3 is 2.84 bits per heavy atom. The summed E-state index contributed by atoms with van der Waals surface area (Å²) >= 11 is 0. The maximum absolute atomic E-state index is 13.1. The van der Waals surface area contributed by atoms with Crippen molar-refractivity contribution in [2.45, 2.75) is 13.0 Å². The number of nitrogens with zero attached hydrogens (tertiary/aromatic N) is 1. The van der Waals surface area contributed by atoms with E-state index in [-0.39, 0.29) is 29.1 Å². The Balaban J connectivity index is 2.11. The minimum atomic E-state index is -0.375. The highest BCUT2D eigenvalue weighted by molar-refractivity contribution is 5.94. The number of aromatic hydroxyl groups is 1. The third-order valence-corrected chi connectivity index (χ3v) is 2.68. The molecule has 1 aromatic heterocycles. The van der Waals surface area contributed by atoms with E-state index < -0.39 is 0 Å². The third kappa shape index (κ3) is 3.28. The first-order valence-electron chi connectivity index (χ1n) is 5.76. The van der Waals surface area contributed by atoms with Gasteiger partial charge in [-0.15, -0.1) is 0 Å². The first-order valence-corrected chi connectivity index (χ1v) is 5.76. The summed E-state index contributed by atoms with van der Waals surface area (Å²) in [6.07, 6.45) is 2.60. The number of carbonyl (C=O) groups is 1. The summed E-state index contributed by atoms with van der Waals surface area (Å²) < 4.78 is 13.1. The van der Waals surface area contributed by atoms with Gasteiger partial charge in [0.05, 0.1) is 17.8 Å². The van der Waals surface area contributed by atoms with Crippen molar-refractivity contribution in [3.8, 4) is 5.75 Å². The van der Waals surface area contributed by atoms with Crippen molar-refractivity contribution in [3.05, 3.63) is 59.7 Å². The summed E-state index contributed by atoms with van der Waals surface area (Å²) in [6.45, 7) is 1.75. The van der Waals surface area contributed by atoms with Gasteiger partial charge in [-0.05, 0) is 30.7 Å². The number of halogens is 1. The van der Waals surface area contributed by atoms with Gasteiger partial charge in [-0.1, -0.05) is 12.1 Å². The van der Waals surface area contributed by atoms with Gasteiger partial charge in [0.15, 0.2) is 0 Å². The zero-order valence-electron chi connectivity index (χ0n) is 10.3. The molecule has 5 heteroatoms. The van der Waals surface area contributed by atoms with Crippen LogP contribution in [0.25, 0.3) is 0 Å². The molecule has 0 aliphatic carbocycles. The van der Waals surface area contributed by atoms with Gasteiger partial charge in [-0.25, -0.2) is 4.39 Å². The van der Waals surface area contributed by atoms with E-state index in [0.29, 0.717) is 5.56 Å². The fourth-order valence-electron chi connectivity index (χ4n) is 1.69. The van der Waals surface area contributed by atoms with Gasteiger partial charge < -0.3 is 10.4 Å². The predicted molar refractivity (Wildman–Crippen MR) is 68.2 cm³/mol. The molecule has 0 aliphatic rings. The molecule has 2 rings (SSSR count). The molecule has 1 heterocycles. The van der Waals surface area contributed by atoms with Crippen molar-refractivity contribution in [1.82, 2.24) is 10.3 Å². The molecule has 2 aromatic rings. The minimum absolute atomic E-state index is 0.0777. The number of hydrogen-bond donors (Lipinski definition) is 2. The average molecular weight is 260 g/mol. The van der Waals surface area contributed by atoms with E-state index in [1.165, 1.54) is 30.6 Å². The van der Waals surface area contributed by atoms with Crippen LogP contribution in [0.15, 0.2) is 42.7 Å². The van der Waals surface area contributed by atoms with Crippen LogP contribution in [-0.2, 0) is 0 Å². The smallest absolute Gasteiger partial charge is 0.253 e. The van der Waals surface area contributed by atoms with Gasteiger partial charge in [-0.3, -0.25) is 9.78 Å². The summed E-state index contributed by atoms with van der Waals surface area (Å²) in [7, 11) is 0. The second-order valence-corrected chi connectivity index (χ2v) is 4.18. The highest BCUT2D eigenvalue weighted by atomic mass is 19.1. The number of benzene rings is 1. The van der Waals surface area contributed by atoms with Crippen molar-refractivity contribution < 1.29 is 14.3 Å². The summed E-state index contributed by atoms with van der Waals surface area (Å²) in [5.41, 5.74) is 0.921. The van der Waals surface area contributed by atoms with Crippen LogP contribution in [0.2, 0.25) is 0 Å².